The molecule has 0 radical (unpaired) electrons. The molecular formula is C11H14Cl2N2O2S. The second-order valence-corrected chi connectivity index (χ2v) is 7.52. The van der Waals surface area contributed by atoms with Crippen LogP contribution in [0.15, 0.2) is 6.07 Å². The normalized spacial score (nSPS) is 17.9. The first-order chi connectivity index (χ1) is 8.47. The van der Waals surface area contributed by atoms with Crippen molar-refractivity contribution in [2.75, 3.05) is 0 Å². The van der Waals surface area contributed by atoms with Crippen molar-refractivity contribution in [3.05, 3.63) is 22.2 Å². The number of hydrogen-bond donors (Lipinski definition) is 0. The molecule has 1 fully saturated rings. The van der Waals surface area contributed by atoms with Gasteiger partial charge in [-0.25, -0.2) is 18.4 Å². The Labute approximate surface area is 117 Å². The zero-order valence-corrected chi connectivity index (χ0v) is 12.1. The summed E-state index contributed by atoms with van der Waals surface area (Å²) in [5.41, 5.74) is 0.366. The van der Waals surface area contributed by atoms with Gasteiger partial charge < -0.3 is 0 Å². The zero-order valence-electron chi connectivity index (χ0n) is 9.77. The minimum absolute atomic E-state index is 0.0173. The van der Waals surface area contributed by atoms with Gasteiger partial charge in [-0.1, -0.05) is 30.9 Å². The molecule has 1 aromatic heterocycles. The van der Waals surface area contributed by atoms with E-state index in [4.69, 9.17) is 23.2 Å². The van der Waals surface area contributed by atoms with Crippen molar-refractivity contribution in [2.45, 2.75) is 43.1 Å². The van der Waals surface area contributed by atoms with Crippen LogP contribution < -0.4 is 0 Å². The highest BCUT2D eigenvalue weighted by Crippen LogP contribution is 2.26. The predicted octanol–water partition coefficient (Wildman–Crippen LogP) is 3.03. The third kappa shape index (κ3) is 3.56. The van der Waals surface area contributed by atoms with Crippen molar-refractivity contribution in [2.24, 2.45) is 0 Å². The highest BCUT2D eigenvalue weighted by molar-refractivity contribution is 7.91. The second-order valence-electron chi connectivity index (χ2n) is 4.52. The largest absolute Gasteiger partial charge is 0.228 e. The maximum absolute atomic E-state index is 12.2. The molecular weight excluding hydrogens is 295 g/mol. The fourth-order valence-electron chi connectivity index (χ4n) is 2.26. The minimum atomic E-state index is -3.18. The van der Waals surface area contributed by atoms with Crippen LogP contribution in [0, 0.1) is 0 Å². The third-order valence-corrected chi connectivity index (χ3v) is 5.68. The van der Waals surface area contributed by atoms with Crippen LogP contribution in [0.25, 0.3) is 0 Å². The van der Waals surface area contributed by atoms with E-state index in [1.165, 1.54) is 6.07 Å². The van der Waals surface area contributed by atoms with Gasteiger partial charge in [-0.3, -0.25) is 0 Å². The van der Waals surface area contributed by atoms with E-state index in [0.717, 1.165) is 32.1 Å². The number of hydrogen-bond acceptors (Lipinski definition) is 4. The summed E-state index contributed by atoms with van der Waals surface area (Å²) in [6, 6.07) is 1.45. The molecule has 0 saturated heterocycles. The van der Waals surface area contributed by atoms with E-state index < -0.39 is 9.84 Å². The molecule has 1 saturated carbocycles. The Bertz CT molecular complexity index is 508. The quantitative estimate of drug-likeness (QED) is 0.636. The number of nitrogens with zero attached hydrogens (tertiary/aromatic N) is 2. The summed E-state index contributed by atoms with van der Waals surface area (Å²) in [6.45, 7) is 0. The van der Waals surface area contributed by atoms with Crippen molar-refractivity contribution in [1.82, 2.24) is 9.97 Å². The molecule has 0 aromatic carbocycles. The van der Waals surface area contributed by atoms with Gasteiger partial charge in [0.2, 0.25) is 5.28 Å². The summed E-state index contributed by atoms with van der Waals surface area (Å²) in [6.07, 6.45) is 4.57. The van der Waals surface area contributed by atoms with Crippen LogP contribution in [0.5, 0.6) is 0 Å². The van der Waals surface area contributed by atoms with Gasteiger partial charge >= 0.3 is 0 Å². The smallest absolute Gasteiger partial charge is 0.224 e. The van der Waals surface area contributed by atoms with E-state index in [-0.39, 0.29) is 21.4 Å². The topological polar surface area (TPSA) is 59.9 Å². The maximum Gasteiger partial charge on any atom is 0.224 e. The molecule has 0 N–H and O–H groups in total. The summed E-state index contributed by atoms with van der Waals surface area (Å²) in [5, 5.41) is -0.0982. The molecule has 0 spiro atoms. The molecule has 0 atom stereocenters. The molecule has 0 amide bonds. The Morgan fingerprint density at radius 2 is 1.83 bits per heavy atom. The second kappa shape index (κ2) is 5.72. The van der Waals surface area contributed by atoms with Crippen molar-refractivity contribution >= 4 is 33.0 Å². The Hall–Kier alpha value is -0.390. The Morgan fingerprint density at radius 1 is 1.17 bits per heavy atom. The van der Waals surface area contributed by atoms with Gasteiger partial charge in [0.1, 0.15) is 5.15 Å². The Kier molecular flexibility index (Phi) is 4.45. The lowest BCUT2D eigenvalue weighted by atomic mass is 10.0. The predicted molar refractivity (Wildman–Crippen MR) is 71.5 cm³/mol. The first-order valence-electron chi connectivity index (χ1n) is 5.88. The molecule has 7 heteroatoms. The standard InChI is InChI=1S/C11H14Cl2N2O2S/c12-10-6-8(14-11(13)15-10)7-18(16,17)9-4-2-1-3-5-9/h6,9H,1-5,7H2. The highest BCUT2D eigenvalue weighted by atomic mass is 35.5. The van der Waals surface area contributed by atoms with Crippen LogP contribution >= 0.6 is 23.2 Å². The van der Waals surface area contributed by atoms with Crippen LogP contribution in [-0.4, -0.2) is 23.6 Å². The van der Waals surface area contributed by atoms with E-state index >= 15 is 0 Å². The monoisotopic (exact) mass is 308 g/mol. The van der Waals surface area contributed by atoms with Gasteiger partial charge in [-0.05, 0) is 30.5 Å². The van der Waals surface area contributed by atoms with Gasteiger partial charge in [0, 0.05) is 0 Å². The average molecular weight is 309 g/mol. The van der Waals surface area contributed by atoms with Gasteiger partial charge in [-0.2, -0.15) is 0 Å². The molecule has 0 unspecified atom stereocenters. The summed E-state index contributed by atoms with van der Waals surface area (Å²) >= 11 is 11.4. The Morgan fingerprint density at radius 3 is 2.44 bits per heavy atom. The van der Waals surface area contributed by atoms with E-state index in [1.807, 2.05) is 0 Å². The van der Waals surface area contributed by atoms with Crippen LogP contribution in [0.3, 0.4) is 0 Å². The lowest BCUT2D eigenvalue weighted by Crippen LogP contribution is -2.25. The number of halogens is 2. The number of rotatable bonds is 3. The SMILES string of the molecule is O=S(=O)(Cc1cc(Cl)nc(Cl)n1)C1CCCCC1. The maximum atomic E-state index is 12.2. The summed E-state index contributed by atoms with van der Waals surface area (Å²) in [7, 11) is -3.18. The fraction of sp³-hybridized carbons (Fsp3) is 0.636. The molecule has 1 heterocycles. The van der Waals surface area contributed by atoms with Gasteiger partial charge in [-0.15, -0.1) is 0 Å². The van der Waals surface area contributed by atoms with Gasteiger partial charge in [0.25, 0.3) is 0 Å². The lowest BCUT2D eigenvalue weighted by Gasteiger charge is -2.21. The molecule has 4 nitrogen and oxygen atoms in total. The third-order valence-electron chi connectivity index (χ3n) is 3.13. The van der Waals surface area contributed by atoms with Crippen LogP contribution in [-0.2, 0) is 15.6 Å². The fourth-order valence-corrected chi connectivity index (χ4v) is 4.55. The first-order valence-corrected chi connectivity index (χ1v) is 8.35. The van der Waals surface area contributed by atoms with Crippen LogP contribution in [0.4, 0.5) is 0 Å². The molecule has 0 bridgehead atoms. The molecule has 2 rings (SSSR count). The van der Waals surface area contributed by atoms with Gasteiger partial charge in [0.05, 0.1) is 16.7 Å². The first kappa shape index (κ1) is 14.0. The highest BCUT2D eigenvalue weighted by Gasteiger charge is 2.28. The number of sulfone groups is 1. The van der Waals surface area contributed by atoms with E-state index in [0.29, 0.717) is 5.69 Å². The Balaban J connectivity index is 2.16. The van der Waals surface area contributed by atoms with Crippen molar-refractivity contribution < 1.29 is 8.42 Å². The minimum Gasteiger partial charge on any atom is -0.228 e. The zero-order chi connectivity index (χ0) is 13.2. The molecule has 1 aliphatic carbocycles. The molecule has 1 aromatic rings. The van der Waals surface area contributed by atoms with Crippen molar-refractivity contribution in [3.8, 4) is 0 Å². The molecule has 0 aliphatic heterocycles. The number of aromatic nitrogens is 2. The molecule has 18 heavy (non-hydrogen) atoms. The molecule has 100 valence electrons. The van der Waals surface area contributed by atoms with E-state index in [9.17, 15) is 8.42 Å². The van der Waals surface area contributed by atoms with Crippen LogP contribution in [0.1, 0.15) is 37.8 Å². The van der Waals surface area contributed by atoms with Crippen molar-refractivity contribution in [1.29, 1.82) is 0 Å². The summed E-state index contributed by atoms with van der Waals surface area (Å²) in [5.74, 6) is -0.111. The summed E-state index contributed by atoms with van der Waals surface area (Å²) in [4.78, 5) is 7.61. The lowest BCUT2D eigenvalue weighted by molar-refractivity contribution is 0.483. The van der Waals surface area contributed by atoms with E-state index in [2.05, 4.69) is 9.97 Å². The molecule has 1 aliphatic rings. The van der Waals surface area contributed by atoms with Crippen molar-refractivity contribution in [3.63, 3.8) is 0 Å². The van der Waals surface area contributed by atoms with Gasteiger partial charge in [0.15, 0.2) is 9.84 Å². The van der Waals surface area contributed by atoms with E-state index in [1.54, 1.807) is 0 Å². The van der Waals surface area contributed by atoms with Crippen LogP contribution in [0.2, 0.25) is 10.4 Å². The average Bonchev–Trinajstić information content (AvgIpc) is 2.28. The summed E-state index contributed by atoms with van der Waals surface area (Å²) < 4.78 is 24.5.